The van der Waals surface area contributed by atoms with Crippen LogP contribution >= 0.6 is 23.2 Å². The number of sulfone groups is 1. The van der Waals surface area contributed by atoms with Crippen molar-refractivity contribution in [2.45, 2.75) is 53.7 Å². The Kier molecular flexibility index (Phi) is 6.24. The summed E-state index contributed by atoms with van der Waals surface area (Å²) in [7, 11) is -4.36. The zero-order valence-electron chi connectivity index (χ0n) is 17.6. The van der Waals surface area contributed by atoms with E-state index in [1.807, 2.05) is 0 Å². The van der Waals surface area contributed by atoms with E-state index < -0.39 is 37.2 Å². The first kappa shape index (κ1) is 24.6. The quantitative estimate of drug-likeness (QED) is 0.578. The minimum absolute atomic E-state index is 0.122. The van der Waals surface area contributed by atoms with Gasteiger partial charge < -0.3 is 11.5 Å². The third kappa shape index (κ3) is 4.32. The van der Waals surface area contributed by atoms with E-state index in [0.717, 1.165) is 12.5 Å². The van der Waals surface area contributed by atoms with E-state index in [1.165, 1.54) is 29.2 Å². The molecule has 0 unspecified atom stereocenters. The lowest BCUT2D eigenvalue weighted by Gasteiger charge is -2.46. The third-order valence-corrected chi connectivity index (χ3v) is 8.22. The van der Waals surface area contributed by atoms with Gasteiger partial charge in [-0.25, -0.2) is 13.4 Å². The van der Waals surface area contributed by atoms with Crippen molar-refractivity contribution in [1.29, 1.82) is 0 Å². The maximum Gasteiger partial charge on any atom is 0.417 e. The Bertz CT molecular complexity index is 1290. The van der Waals surface area contributed by atoms with Crippen LogP contribution in [-0.2, 0) is 16.0 Å². The molecule has 2 aliphatic rings. The molecule has 1 fully saturated rings. The number of nitrogens with zero attached hydrogens (tertiary/aromatic N) is 3. The van der Waals surface area contributed by atoms with Crippen LogP contribution in [0.15, 0.2) is 56.2 Å². The molecule has 0 bridgehead atoms. The van der Waals surface area contributed by atoms with Crippen molar-refractivity contribution in [1.82, 2.24) is 0 Å². The van der Waals surface area contributed by atoms with E-state index in [2.05, 4.69) is 9.98 Å². The van der Waals surface area contributed by atoms with Crippen LogP contribution in [0.3, 0.4) is 0 Å². The highest BCUT2D eigenvalue weighted by molar-refractivity contribution is 7.91. The smallest absolute Gasteiger partial charge is 0.369 e. The Labute approximate surface area is 204 Å². The van der Waals surface area contributed by atoms with Crippen LogP contribution in [0.25, 0.3) is 0 Å². The lowest BCUT2D eigenvalue weighted by molar-refractivity contribution is -0.137. The normalized spacial score (nSPS) is 18.6. The van der Waals surface area contributed by atoms with Crippen LogP contribution < -0.4 is 16.4 Å². The fourth-order valence-electron chi connectivity index (χ4n) is 4.36. The van der Waals surface area contributed by atoms with Gasteiger partial charge in [-0.05, 0) is 62.1 Å². The van der Waals surface area contributed by atoms with Crippen molar-refractivity contribution < 1.29 is 21.6 Å². The van der Waals surface area contributed by atoms with E-state index in [4.69, 9.17) is 34.7 Å². The molecule has 0 atom stereocenters. The monoisotopic (exact) mass is 533 g/mol. The molecule has 1 aliphatic heterocycles. The molecule has 0 radical (unpaired) electrons. The second-order valence-corrected chi connectivity index (χ2v) is 10.8. The summed E-state index contributed by atoms with van der Waals surface area (Å²) < 4.78 is 68.7. The van der Waals surface area contributed by atoms with Crippen LogP contribution in [-0.4, -0.2) is 26.0 Å². The second-order valence-electron chi connectivity index (χ2n) is 8.07. The highest BCUT2D eigenvalue weighted by Gasteiger charge is 2.46. The molecule has 0 aromatic heterocycles. The summed E-state index contributed by atoms with van der Waals surface area (Å²) in [4.78, 5) is 8.97. The zero-order valence-corrected chi connectivity index (χ0v) is 19.9. The van der Waals surface area contributed by atoms with E-state index in [9.17, 15) is 21.6 Å². The number of rotatable bonds is 3. The van der Waals surface area contributed by atoms with Gasteiger partial charge in [-0.3, -0.25) is 4.90 Å². The van der Waals surface area contributed by atoms with Gasteiger partial charge in [-0.1, -0.05) is 29.6 Å². The highest BCUT2D eigenvalue weighted by atomic mass is 35.5. The van der Waals surface area contributed by atoms with Gasteiger partial charge in [0.15, 0.2) is 0 Å². The van der Waals surface area contributed by atoms with Gasteiger partial charge in [0.1, 0.15) is 5.66 Å². The fourth-order valence-corrected chi connectivity index (χ4v) is 6.27. The summed E-state index contributed by atoms with van der Waals surface area (Å²) in [6, 6.07) is 6.71. The van der Waals surface area contributed by atoms with E-state index in [0.29, 0.717) is 36.8 Å². The number of nitrogens with two attached hydrogens (primary N) is 2. The molecule has 4 rings (SSSR count). The first-order valence-corrected chi connectivity index (χ1v) is 12.5. The molecule has 0 amide bonds. The molecule has 1 aliphatic carbocycles. The van der Waals surface area contributed by atoms with Gasteiger partial charge in [0.25, 0.3) is 0 Å². The van der Waals surface area contributed by atoms with Crippen molar-refractivity contribution in [3.05, 3.63) is 52.0 Å². The summed E-state index contributed by atoms with van der Waals surface area (Å²) in [6.07, 6.45) is -1.79. The molecule has 7 nitrogen and oxygen atoms in total. The molecule has 2 aromatic carbocycles. The number of alkyl halides is 3. The Morgan fingerprint density at radius 3 is 2.21 bits per heavy atom. The Morgan fingerprint density at radius 1 is 1.00 bits per heavy atom. The lowest BCUT2D eigenvalue weighted by atomic mass is 9.87. The molecule has 1 heterocycles. The summed E-state index contributed by atoms with van der Waals surface area (Å²) in [5, 5.41) is -0.472. The fraction of sp³-hybridized carbons (Fsp3) is 0.333. The number of guanidine groups is 2. The van der Waals surface area contributed by atoms with E-state index in [-0.39, 0.29) is 22.5 Å². The van der Waals surface area contributed by atoms with Crippen molar-refractivity contribution in [3.63, 3.8) is 0 Å². The highest BCUT2D eigenvalue weighted by Crippen LogP contribution is 2.46. The van der Waals surface area contributed by atoms with Crippen LogP contribution in [0, 0.1) is 0 Å². The van der Waals surface area contributed by atoms with Gasteiger partial charge >= 0.3 is 6.18 Å². The molecule has 1 spiro atoms. The maximum absolute atomic E-state index is 13.8. The number of hydrogen-bond donors (Lipinski definition) is 2. The summed E-state index contributed by atoms with van der Waals surface area (Å²) >= 11 is 11.8. The average molecular weight is 534 g/mol. The summed E-state index contributed by atoms with van der Waals surface area (Å²) in [5.41, 5.74) is 9.30. The van der Waals surface area contributed by atoms with Gasteiger partial charge in [0.2, 0.25) is 21.8 Å². The van der Waals surface area contributed by atoms with Gasteiger partial charge in [-0.15, -0.1) is 0 Å². The van der Waals surface area contributed by atoms with E-state index >= 15 is 0 Å². The molecule has 1 saturated carbocycles. The molecular formula is C21H20Cl2F3N5O2S. The molecule has 13 heteroatoms. The molecule has 182 valence electrons. The Morgan fingerprint density at radius 2 is 1.62 bits per heavy atom. The lowest BCUT2D eigenvalue weighted by Crippen LogP contribution is -2.58. The Balaban J connectivity index is 2.02. The average Bonchev–Trinajstić information content (AvgIpc) is 2.74. The predicted molar refractivity (Wildman–Crippen MR) is 125 cm³/mol. The predicted octanol–water partition coefficient (Wildman–Crippen LogP) is 4.95. The SMILES string of the molecule is NC1=NC2(CCCCC2)N(c2cc(C(F)(F)F)c(Cl)cc2S(=O)(=O)c2ccc(Cl)cc2)C(N)=N1. The van der Waals surface area contributed by atoms with Crippen LogP contribution in [0.4, 0.5) is 18.9 Å². The maximum atomic E-state index is 13.8. The molecule has 34 heavy (non-hydrogen) atoms. The standard InChI is InChI=1S/C21H20Cl2F3N5O2S/c22-12-4-6-13(7-5-12)34(32,33)17-11-15(23)14(21(24,25)26)10-16(17)31-19(28)29-18(27)30-20(31)8-2-1-3-9-20/h4-7,10-11H,1-3,8-9H2,(H4,27,28,29,30). The van der Waals surface area contributed by atoms with Crippen molar-refractivity contribution >= 4 is 50.6 Å². The minimum Gasteiger partial charge on any atom is -0.369 e. The van der Waals surface area contributed by atoms with E-state index in [1.54, 1.807) is 0 Å². The molecular weight excluding hydrogens is 514 g/mol. The summed E-state index contributed by atoms with van der Waals surface area (Å²) in [5.74, 6) is -0.375. The minimum atomic E-state index is -4.85. The summed E-state index contributed by atoms with van der Waals surface area (Å²) in [6.45, 7) is 0. The first-order valence-electron chi connectivity index (χ1n) is 10.3. The van der Waals surface area contributed by atoms with Crippen molar-refractivity contribution in [2.24, 2.45) is 21.5 Å². The topological polar surface area (TPSA) is 114 Å². The van der Waals surface area contributed by atoms with Crippen molar-refractivity contribution in [2.75, 3.05) is 4.90 Å². The van der Waals surface area contributed by atoms with Crippen LogP contribution in [0.5, 0.6) is 0 Å². The first-order chi connectivity index (χ1) is 15.8. The van der Waals surface area contributed by atoms with Gasteiger partial charge in [0, 0.05) is 5.02 Å². The van der Waals surface area contributed by atoms with Crippen LogP contribution in [0.2, 0.25) is 10.0 Å². The number of anilines is 1. The van der Waals surface area contributed by atoms with Gasteiger partial charge in [-0.2, -0.15) is 18.2 Å². The number of hydrogen-bond acceptors (Lipinski definition) is 7. The van der Waals surface area contributed by atoms with Crippen molar-refractivity contribution in [3.8, 4) is 0 Å². The largest absolute Gasteiger partial charge is 0.417 e. The number of benzene rings is 2. The Hall–Kier alpha value is -2.50. The molecule has 4 N–H and O–H groups in total. The zero-order chi connectivity index (χ0) is 24.9. The number of aliphatic imine (C=N–C) groups is 2. The van der Waals surface area contributed by atoms with Gasteiger partial charge in [0.05, 0.1) is 26.1 Å². The molecule has 2 aromatic rings. The second kappa shape index (κ2) is 8.62. The molecule has 0 saturated heterocycles. The van der Waals surface area contributed by atoms with Crippen LogP contribution in [0.1, 0.15) is 37.7 Å². The number of halogens is 5. The third-order valence-electron chi connectivity index (χ3n) is 5.86.